The molecule has 1 fully saturated rings. The number of sulfonamides is 1. The highest BCUT2D eigenvalue weighted by Crippen LogP contribution is 2.26. The summed E-state index contributed by atoms with van der Waals surface area (Å²) in [7, 11) is -3.65. The maximum atomic E-state index is 12.7. The van der Waals surface area contributed by atoms with Crippen molar-refractivity contribution in [3.63, 3.8) is 0 Å². The van der Waals surface area contributed by atoms with Gasteiger partial charge in [-0.15, -0.1) is 0 Å². The van der Waals surface area contributed by atoms with Crippen molar-refractivity contribution >= 4 is 33.2 Å². The maximum absolute atomic E-state index is 12.7. The second-order valence-corrected chi connectivity index (χ2v) is 12.0. The molecular formula is C27H36N6O3S. The molecule has 1 atom stereocenters. The molecule has 1 aliphatic rings. The Morgan fingerprint density at radius 2 is 1.70 bits per heavy atom. The van der Waals surface area contributed by atoms with Gasteiger partial charge in [0.2, 0.25) is 16.0 Å². The molecule has 0 saturated carbocycles. The van der Waals surface area contributed by atoms with Crippen molar-refractivity contribution in [3.8, 4) is 0 Å². The Morgan fingerprint density at radius 3 is 2.38 bits per heavy atom. The van der Waals surface area contributed by atoms with Crippen LogP contribution in [-0.4, -0.2) is 55.1 Å². The molecule has 3 aromatic rings. The van der Waals surface area contributed by atoms with Crippen molar-refractivity contribution in [2.75, 3.05) is 36.9 Å². The SMILES string of the molecule is Cc1cnc(Nc2ccc(C(C)N3CCOCC3)cc2)nc1Nc1cccc(S(=O)(=O)NC(C)(C)C)c1. The van der Waals surface area contributed by atoms with Gasteiger partial charge < -0.3 is 15.4 Å². The summed E-state index contributed by atoms with van der Waals surface area (Å²) in [5, 5.41) is 6.50. The molecule has 2 aromatic carbocycles. The van der Waals surface area contributed by atoms with Crippen LogP contribution in [0.4, 0.5) is 23.1 Å². The number of aromatic nitrogens is 2. The van der Waals surface area contributed by atoms with Crippen LogP contribution < -0.4 is 15.4 Å². The zero-order chi connectivity index (χ0) is 26.6. The third-order valence-corrected chi connectivity index (χ3v) is 7.82. The van der Waals surface area contributed by atoms with E-state index in [1.165, 1.54) is 5.56 Å². The highest BCUT2D eigenvalue weighted by atomic mass is 32.2. The van der Waals surface area contributed by atoms with Crippen LogP contribution in [-0.2, 0) is 14.8 Å². The number of benzene rings is 2. The van der Waals surface area contributed by atoms with Gasteiger partial charge in [0.15, 0.2) is 0 Å². The Kier molecular flexibility index (Phi) is 8.13. The van der Waals surface area contributed by atoms with Gasteiger partial charge >= 0.3 is 0 Å². The molecule has 4 rings (SSSR count). The second kappa shape index (κ2) is 11.1. The first kappa shape index (κ1) is 27.0. The van der Waals surface area contributed by atoms with E-state index < -0.39 is 15.6 Å². The third kappa shape index (κ3) is 7.26. The quantitative estimate of drug-likeness (QED) is 0.388. The number of hydrogen-bond acceptors (Lipinski definition) is 8. The predicted octanol–water partition coefficient (Wildman–Crippen LogP) is 4.74. The van der Waals surface area contributed by atoms with Gasteiger partial charge in [0, 0.05) is 47.8 Å². The third-order valence-electron chi connectivity index (χ3n) is 6.06. The van der Waals surface area contributed by atoms with Crippen LogP contribution in [0.3, 0.4) is 0 Å². The van der Waals surface area contributed by atoms with E-state index in [0.29, 0.717) is 23.5 Å². The Hall–Kier alpha value is -3.05. The molecule has 0 bridgehead atoms. The summed E-state index contributed by atoms with van der Waals surface area (Å²) >= 11 is 0. The minimum absolute atomic E-state index is 0.184. The summed E-state index contributed by atoms with van der Waals surface area (Å²) in [5.74, 6) is 1.04. The molecule has 0 aliphatic carbocycles. The van der Waals surface area contributed by atoms with Crippen LogP contribution in [0.2, 0.25) is 0 Å². The van der Waals surface area contributed by atoms with Gasteiger partial charge in [-0.3, -0.25) is 4.90 Å². The molecule has 2 heterocycles. The van der Waals surface area contributed by atoms with Crippen molar-refractivity contribution in [1.82, 2.24) is 19.6 Å². The van der Waals surface area contributed by atoms with E-state index in [2.05, 4.69) is 49.3 Å². The number of morpholine rings is 1. The fourth-order valence-corrected chi connectivity index (χ4v) is 5.58. The fraction of sp³-hybridized carbons (Fsp3) is 0.407. The van der Waals surface area contributed by atoms with Crippen LogP contribution in [0.25, 0.3) is 0 Å². The van der Waals surface area contributed by atoms with Gasteiger partial charge in [0.25, 0.3) is 0 Å². The highest BCUT2D eigenvalue weighted by molar-refractivity contribution is 7.89. The molecular weight excluding hydrogens is 488 g/mol. The largest absolute Gasteiger partial charge is 0.379 e. The summed E-state index contributed by atoms with van der Waals surface area (Å²) < 4.78 is 33.6. The molecule has 37 heavy (non-hydrogen) atoms. The van der Waals surface area contributed by atoms with E-state index >= 15 is 0 Å². The van der Waals surface area contributed by atoms with Gasteiger partial charge in [-0.1, -0.05) is 18.2 Å². The van der Waals surface area contributed by atoms with Crippen molar-refractivity contribution in [2.24, 2.45) is 0 Å². The number of aryl methyl sites for hydroxylation is 1. The van der Waals surface area contributed by atoms with Gasteiger partial charge in [-0.05, 0) is 70.5 Å². The van der Waals surface area contributed by atoms with Gasteiger partial charge in [-0.2, -0.15) is 4.98 Å². The monoisotopic (exact) mass is 524 g/mol. The molecule has 3 N–H and O–H groups in total. The van der Waals surface area contributed by atoms with Crippen molar-refractivity contribution < 1.29 is 13.2 Å². The summed E-state index contributed by atoms with van der Waals surface area (Å²) in [6.45, 7) is 13.0. The molecule has 0 amide bonds. The predicted molar refractivity (Wildman–Crippen MR) is 147 cm³/mol. The van der Waals surface area contributed by atoms with Crippen LogP contribution in [0.1, 0.15) is 44.9 Å². The number of nitrogens with one attached hydrogen (secondary N) is 3. The topological polar surface area (TPSA) is 108 Å². The average molecular weight is 525 g/mol. The van der Waals surface area contributed by atoms with Gasteiger partial charge in [-0.25, -0.2) is 18.1 Å². The minimum Gasteiger partial charge on any atom is -0.379 e. The molecule has 1 saturated heterocycles. The van der Waals surface area contributed by atoms with Gasteiger partial charge in [0.05, 0.1) is 18.1 Å². The Balaban J connectivity index is 1.46. The normalized spacial score (nSPS) is 15.8. The fourth-order valence-electron chi connectivity index (χ4n) is 4.12. The highest BCUT2D eigenvalue weighted by Gasteiger charge is 2.22. The maximum Gasteiger partial charge on any atom is 0.241 e. The Morgan fingerprint density at radius 1 is 1.00 bits per heavy atom. The number of rotatable bonds is 8. The average Bonchev–Trinajstić information content (AvgIpc) is 2.85. The molecule has 1 unspecified atom stereocenters. The van der Waals surface area contributed by atoms with E-state index in [4.69, 9.17) is 4.74 Å². The molecule has 0 spiro atoms. The summed E-state index contributed by atoms with van der Waals surface area (Å²) in [4.78, 5) is 11.6. The number of anilines is 4. The minimum atomic E-state index is -3.65. The van der Waals surface area contributed by atoms with E-state index in [1.54, 1.807) is 30.5 Å². The molecule has 1 aliphatic heterocycles. The van der Waals surface area contributed by atoms with Crippen LogP contribution in [0.15, 0.2) is 59.6 Å². The first-order valence-electron chi connectivity index (χ1n) is 12.4. The lowest BCUT2D eigenvalue weighted by molar-refractivity contribution is 0.0198. The molecule has 198 valence electrons. The summed E-state index contributed by atoms with van der Waals surface area (Å²) in [5.41, 5.74) is 3.00. The van der Waals surface area contributed by atoms with E-state index in [9.17, 15) is 8.42 Å². The number of hydrogen-bond donors (Lipinski definition) is 3. The Bertz CT molecular complexity index is 1320. The summed E-state index contributed by atoms with van der Waals surface area (Å²) in [6.07, 6.45) is 1.73. The van der Waals surface area contributed by atoms with E-state index in [0.717, 1.165) is 37.6 Å². The van der Waals surface area contributed by atoms with Crippen molar-refractivity contribution in [2.45, 2.75) is 51.1 Å². The standard InChI is InChI=1S/C27H36N6O3S/c1-19-18-28-26(30-22-11-9-21(10-12-22)20(2)33-13-15-36-16-14-33)31-25(19)29-23-7-6-8-24(17-23)37(34,35)32-27(3,4)5/h6-12,17-18,20,32H,13-16H2,1-5H3,(H2,28,29,30,31). The van der Waals surface area contributed by atoms with Crippen LogP contribution in [0.5, 0.6) is 0 Å². The number of nitrogens with zero attached hydrogens (tertiary/aromatic N) is 3. The van der Waals surface area contributed by atoms with Gasteiger partial charge in [0.1, 0.15) is 5.82 Å². The molecule has 9 nitrogen and oxygen atoms in total. The van der Waals surface area contributed by atoms with Crippen LogP contribution >= 0.6 is 0 Å². The van der Waals surface area contributed by atoms with Crippen molar-refractivity contribution in [3.05, 3.63) is 65.9 Å². The molecule has 10 heteroatoms. The first-order valence-corrected chi connectivity index (χ1v) is 13.9. The lowest BCUT2D eigenvalue weighted by Crippen LogP contribution is -2.40. The van der Waals surface area contributed by atoms with E-state index in [1.807, 2.05) is 39.8 Å². The zero-order valence-electron chi connectivity index (χ0n) is 22.1. The second-order valence-electron chi connectivity index (χ2n) is 10.3. The summed E-state index contributed by atoms with van der Waals surface area (Å²) in [6, 6.07) is 15.3. The lowest BCUT2D eigenvalue weighted by atomic mass is 10.1. The number of ether oxygens (including phenoxy) is 1. The zero-order valence-corrected chi connectivity index (χ0v) is 22.9. The van der Waals surface area contributed by atoms with Crippen molar-refractivity contribution in [1.29, 1.82) is 0 Å². The smallest absolute Gasteiger partial charge is 0.241 e. The molecule has 0 radical (unpaired) electrons. The lowest BCUT2D eigenvalue weighted by Gasteiger charge is -2.32. The van der Waals surface area contributed by atoms with Crippen LogP contribution in [0, 0.1) is 6.92 Å². The Labute approximate surface area is 219 Å². The van der Waals surface area contributed by atoms with E-state index in [-0.39, 0.29) is 4.90 Å². The first-order chi connectivity index (χ1) is 17.5. The molecule has 1 aromatic heterocycles.